The molecule has 0 aromatic carbocycles. The largest absolute Gasteiger partial charge is 0.379 e. The van der Waals surface area contributed by atoms with Crippen molar-refractivity contribution in [2.75, 3.05) is 5.32 Å². The Morgan fingerprint density at radius 3 is 2.88 bits per heavy atom. The molecule has 92 valence electrons. The summed E-state index contributed by atoms with van der Waals surface area (Å²) in [6.45, 7) is 4.48. The molecule has 1 heterocycles. The minimum Gasteiger partial charge on any atom is -0.379 e. The second kappa shape index (κ2) is 6.45. The summed E-state index contributed by atoms with van der Waals surface area (Å²) in [4.78, 5) is 11.8. The molecule has 0 radical (unpaired) electrons. The lowest BCUT2D eigenvalue weighted by Crippen LogP contribution is -2.26. The summed E-state index contributed by atoms with van der Waals surface area (Å²) in [6, 6.07) is 0.162. The summed E-state index contributed by atoms with van der Waals surface area (Å²) in [5, 5.41) is 7.29. The van der Waals surface area contributed by atoms with Crippen molar-refractivity contribution in [1.82, 2.24) is 9.78 Å². The molecule has 0 spiro atoms. The Labute approximate surface area is 110 Å². The smallest absolute Gasteiger partial charge is 0.283 e. The topological polar surface area (TPSA) is 46.9 Å². The molecule has 1 rings (SSSR count). The normalized spacial score (nSPS) is 11.9. The average Bonchev–Trinajstić information content (AvgIpc) is 2.34. The molecule has 17 heavy (non-hydrogen) atoms. The second-order valence-corrected chi connectivity index (χ2v) is 4.44. The highest BCUT2D eigenvalue weighted by Crippen LogP contribution is 2.18. The first-order valence-corrected chi connectivity index (χ1v) is 6.38. The molecule has 1 unspecified atom stereocenters. The second-order valence-electron chi connectivity index (χ2n) is 3.65. The number of nitrogens with zero attached hydrogens (tertiary/aromatic N) is 2. The molecule has 1 aromatic rings. The zero-order valence-corrected chi connectivity index (χ0v) is 11.6. The van der Waals surface area contributed by atoms with Gasteiger partial charge < -0.3 is 5.32 Å². The summed E-state index contributed by atoms with van der Waals surface area (Å²) in [6.07, 6.45) is 8.46. The van der Waals surface area contributed by atoms with Crippen LogP contribution in [0.3, 0.4) is 0 Å². The first-order valence-electron chi connectivity index (χ1n) is 5.59. The number of halogens is 1. The van der Waals surface area contributed by atoms with Crippen molar-refractivity contribution in [3.05, 3.63) is 21.0 Å². The van der Waals surface area contributed by atoms with Gasteiger partial charge in [-0.15, -0.1) is 12.3 Å². The highest BCUT2D eigenvalue weighted by Gasteiger charge is 2.11. The van der Waals surface area contributed by atoms with Gasteiger partial charge in [0.15, 0.2) is 0 Å². The Hall–Kier alpha value is -1.28. The molecular weight excluding hydrogens is 282 g/mol. The van der Waals surface area contributed by atoms with E-state index in [1.807, 2.05) is 13.8 Å². The third-order valence-corrected chi connectivity index (χ3v) is 3.27. The molecule has 5 heteroatoms. The van der Waals surface area contributed by atoms with Crippen molar-refractivity contribution >= 4 is 21.6 Å². The van der Waals surface area contributed by atoms with Crippen molar-refractivity contribution in [1.29, 1.82) is 0 Å². The monoisotopic (exact) mass is 297 g/mol. The SMILES string of the molecule is C#CCC(CC)Nc1cnn(CC)c(=O)c1Br. The number of terminal acetylenes is 1. The fourth-order valence-corrected chi connectivity index (χ4v) is 1.87. The lowest BCUT2D eigenvalue weighted by molar-refractivity contribution is 0.610. The van der Waals surface area contributed by atoms with Crippen molar-refractivity contribution in [3.63, 3.8) is 0 Å². The predicted molar refractivity (Wildman–Crippen MR) is 73.0 cm³/mol. The third kappa shape index (κ3) is 3.34. The van der Waals surface area contributed by atoms with E-state index in [0.717, 1.165) is 6.42 Å². The fourth-order valence-electron chi connectivity index (χ4n) is 1.45. The first kappa shape index (κ1) is 13.8. The highest BCUT2D eigenvalue weighted by atomic mass is 79.9. The van der Waals surface area contributed by atoms with E-state index in [-0.39, 0.29) is 11.6 Å². The maximum Gasteiger partial charge on any atom is 0.283 e. The standard InChI is InChI=1S/C12H16BrN3O/c1-4-7-9(5-2)15-10-8-14-16(6-3)12(17)11(10)13/h1,8-9,15H,5-7H2,2-3H3. The first-order chi connectivity index (χ1) is 8.13. The van der Waals surface area contributed by atoms with Gasteiger partial charge in [0.2, 0.25) is 0 Å². The van der Waals surface area contributed by atoms with Gasteiger partial charge >= 0.3 is 0 Å². The minimum atomic E-state index is -0.131. The van der Waals surface area contributed by atoms with Crippen LogP contribution in [0.4, 0.5) is 5.69 Å². The van der Waals surface area contributed by atoms with E-state index < -0.39 is 0 Å². The van der Waals surface area contributed by atoms with Crippen molar-refractivity contribution < 1.29 is 0 Å². The Bertz CT molecular complexity index is 476. The number of aromatic nitrogens is 2. The number of rotatable bonds is 5. The van der Waals surface area contributed by atoms with Crippen LogP contribution in [0.1, 0.15) is 26.7 Å². The zero-order valence-electron chi connectivity index (χ0n) is 10.0. The number of hydrogen-bond acceptors (Lipinski definition) is 3. The van der Waals surface area contributed by atoms with Crippen LogP contribution in [0.15, 0.2) is 15.5 Å². The molecule has 0 aliphatic heterocycles. The maximum atomic E-state index is 11.8. The van der Waals surface area contributed by atoms with E-state index in [1.165, 1.54) is 4.68 Å². The summed E-state index contributed by atoms with van der Waals surface area (Å²) in [5.41, 5.74) is 0.565. The minimum absolute atomic E-state index is 0.131. The van der Waals surface area contributed by atoms with E-state index in [4.69, 9.17) is 6.42 Å². The zero-order chi connectivity index (χ0) is 12.8. The number of aryl methyl sites for hydroxylation is 1. The molecule has 0 saturated carbocycles. The molecular formula is C12H16BrN3O. The summed E-state index contributed by atoms with van der Waals surface area (Å²) in [5.74, 6) is 2.61. The summed E-state index contributed by atoms with van der Waals surface area (Å²) < 4.78 is 1.90. The predicted octanol–water partition coefficient (Wildman–Crippen LogP) is 2.24. The number of nitrogens with one attached hydrogen (secondary N) is 1. The van der Waals surface area contributed by atoms with E-state index in [1.54, 1.807) is 6.20 Å². The Morgan fingerprint density at radius 1 is 1.65 bits per heavy atom. The van der Waals surface area contributed by atoms with Gasteiger partial charge in [-0.2, -0.15) is 5.10 Å². The molecule has 1 aromatic heterocycles. The van der Waals surface area contributed by atoms with Crippen LogP contribution in [-0.2, 0) is 6.54 Å². The van der Waals surface area contributed by atoms with Gasteiger partial charge in [-0.3, -0.25) is 4.79 Å². The third-order valence-electron chi connectivity index (χ3n) is 2.50. The molecule has 0 aliphatic carbocycles. The van der Waals surface area contributed by atoms with Crippen LogP contribution in [0.2, 0.25) is 0 Å². The lowest BCUT2D eigenvalue weighted by atomic mass is 10.1. The summed E-state index contributed by atoms with van der Waals surface area (Å²) in [7, 11) is 0. The molecule has 0 fully saturated rings. The molecule has 0 amide bonds. The van der Waals surface area contributed by atoms with Gasteiger partial charge in [-0.1, -0.05) is 6.92 Å². The molecule has 0 aliphatic rings. The Morgan fingerprint density at radius 2 is 2.35 bits per heavy atom. The fraction of sp³-hybridized carbons (Fsp3) is 0.500. The van der Waals surface area contributed by atoms with Gasteiger partial charge in [-0.05, 0) is 29.3 Å². The molecule has 1 atom stereocenters. The van der Waals surface area contributed by atoms with Crippen LogP contribution < -0.4 is 10.9 Å². The molecule has 0 saturated heterocycles. The van der Waals surface area contributed by atoms with Gasteiger partial charge in [0.05, 0.1) is 11.9 Å². The van der Waals surface area contributed by atoms with E-state index in [9.17, 15) is 4.79 Å². The van der Waals surface area contributed by atoms with Crippen LogP contribution in [-0.4, -0.2) is 15.8 Å². The Balaban J connectivity index is 2.97. The van der Waals surface area contributed by atoms with Crippen LogP contribution in [0.5, 0.6) is 0 Å². The lowest BCUT2D eigenvalue weighted by Gasteiger charge is -2.16. The van der Waals surface area contributed by atoms with Crippen molar-refractivity contribution in [2.45, 2.75) is 39.3 Å². The average molecular weight is 298 g/mol. The van der Waals surface area contributed by atoms with Gasteiger partial charge in [-0.25, -0.2) is 4.68 Å². The van der Waals surface area contributed by atoms with Crippen LogP contribution in [0, 0.1) is 12.3 Å². The molecule has 0 bridgehead atoms. The Kier molecular flexibility index (Phi) is 5.23. The van der Waals surface area contributed by atoms with Crippen LogP contribution in [0.25, 0.3) is 0 Å². The quantitative estimate of drug-likeness (QED) is 0.848. The van der Waals surface area contributed by atoms with E-state index in [2.05, 4.69) is 32.3 Å². The molecule has 1 N–H and O–H groups in total. The van der Waals surface area contributed by atoms with Gasteiger partial charge in [0.1, 0.15) is 4.47 Å². The van der Waals surface area contributed by atoms with Gasteiger partial charge in [0.25, 0.3) is 5.56 Å². The number of anilines is 1. The molecule has 4 nitrogen and oxygen atoms in total. The van der Waals surface area contributed by atoms with E-state index >= 15 is 0 Å². The van der Waals surface area contributed by atoms with Crippen molar-refractivity contribution in [2.24, 2.45) is 0 Å². The maximum absolute atomic E-state index is 11.8. The van der Waals surface area contributed by atoms with Gasteiger partial charge in [0, 0.05) is 19.0 Å². The van der Waals surface area contributed by atoms with E-state index in [0.29, 0.717) is 23.1 Å². The highest BCUT2D eigenvalue weighted by molar-refractivity contribution is 9.10. The van der Waals surface area contributed by atoms with Crippen LogP contribution >= 0.6 is 15.9 Å². The number of hydrogen-bond donors (Lipinski definition) is 1. The van der Waals surface area contributed by atoms with Crippen molar-refractivity contribution in [3.8, 4) is 12.3 Å². The summed E-state index contributed by atoms with van der Waals surface area (Å²) >= 11 is 3.29.